The van der Waals surface area contributed by atoms with E-state index in [1.165, 1.54) is 18.0 Å². The van der Waals surface area contributed by atoms with Gasteiger partial charge in [-0.1, -0.05) is 18.5 Å². The molecule has 1 aromatic heterocycles. The number of halogens is 1. The number of nitrogens with zero attached hydrogens (tertiary/aromatic N) is 3. The molecule has 0 bridgehead atoms. The maximum Gasteiger partial charge on any atom is 0.408 e. The second-order valence-corrected chi connectivity index (χ2v) is 3.61. The van der Waals surface area contributed by atoms with Crippen molar-refractivity contribution in [2.45, 2.75) is 13.5 Å². The molecule has 16 heavy (non-hydrogen) atoms. The Morgan fingerprint density at radius 3 is 2.88 bits per heavy atom. The van der Waals surface area contributed by atoms with Gasteiger partial charge in [-0.25, -0.2) is 0 Å². The minimum atomic E-state index is -0.679. The first-order valence-corrected chi connectivity index (χ1v) is 4.78. The van der Waals surface area contributed by atoms with Crippen molar-refractivity contribution in [2.75, 3.05) is 7.11 Å². The number of carbonyl (C=O) groups is 1. The summed E-state index contributed by atoms with van der Waals surface area (Å²) in [7, 11) is 1.28. The molecule has 1 atom stereocenters. The van der Waals surface area contributed by atoms with Gasteiger partial charge < -0.3 is 14.9 Å². The SMILES string of the molecule is COC(=O)C(C)Cn1cc(Cl)c([N+](=O)[O-])n1. The molecule has 1 heterocycles. The van der Waals surface area contributed by atoms with E-state index in [0.29, 0.717) is 0 Å². The Labute approximate surface area is 96.1 Å². The number of ether oxygens (including phenoxy) is 1. The van der Waals surface area contributed by atoms with Crippen molar-refractivity contribution in [3.63, 3.8) is 0 Å². The van der Waals surface area contributed by atoms with Crippen LogP contribution in [0.25, 0.3) is 0 Å². The monoisotopic (exact) mass is 247 g/mol. The topological polar surface area (TPSA) is 87.3 Å². The molecule has 0 aliphatic carbocycles. The number of hydrogen-bond acceptors (Lipinski definition) is 5. The molecular weight excluding hydrogens is 238 g/mol. The zero-order chi connectivity index (χ0) is 12.3. The average molecular weight is 248 g/mol. The van der Waals surface area contributed by atoms with E-state index in [1.54, 1.807) is 6.92 Å². The highest BCUT2D eigenvalue weighted by Gasteiger charge is 2.22. The largest absolute Gasteiger partial charge is 0.469 e. The Morgan fingerprint density at radius 1 is 1.81 bits per heavy atom. The van der Waals surface area contributed by atoms with Gasteiger partial charge in [-0.05, 0) is 4.92 Å². The maximum absolute atomic E-state index is 11.1. The van der Waals surface area contributed by atoms with Crippen LogP contribution in [0.2, 0.25) is 5.02 Å². The Bertz CT molecular complexity index is 417. The van der Waals surface area contributed by atoms with Gasteiger partial charge in [0.1, 0.15) is 0 Å². The van der Waals surface area contributed by atoms with Gasteiger partial charge in [0.2, 0.25) is 0 Å². The van der Waals surface area contributed by atoms with Crippen LogP contribution in [-0.4, -0.2) is 27.8 Å². The summed E-state index contributed by atoms with van der Waals surface area (Å²) in [4.78, 5) is 20.9. The van der Waals surface area contributed by atoms with Gasteiger partial charge in [0, 0.05) is 0 Å². The molecule has 8 heteroatoms. The smallest absolute Gasteiger partial charge is 0.408 e. The lowest BCUT2D eigenvalue weighted by Gasteiger charge is -2.05. The van der Waals surface area contributed by atoms with Gasteiger partial charge >= 0.3 is 11.8 Å². The Hall–Kier alpha value is -1.63. The highest BCUT2D eigenvalue weighted by atomic mass is 35.5. The number of esters is 1. The van der Waals surface area contributed by atoms with Crippen LogP contribution in [0.3, 0.4) is 0 Å². The average Bonchev–Trinajstić information content (AvgIpc) is 2.58. The van der Waals surface area contributed by atoms with E-state index in [9.17, 15) is 14.9 Å². The van der Waals surface area contributed by atoms with Crippen LogP contribution in [0.5, 0.6) is 0 Å². The lowest BCUT2D eigenvalue weighted by atomic mass is 10.2. The van der Waals surface area contributed by atoms with Crippen molar-refractivity contribution in [2.24, 2.45) is 5.92 Å². The number of aromatic nitrogens is 2. The van der Waals surface area contributed by atoms with Gasteiger partial charge in [0.15, 0.2) is 5.02 Å². The second kappa shape index (κ2) is 4.93. The summed E-state index contributed by atoms with van der Waals surface area (Å²) in [6.45, 7) is 1.81. The van der Waals surface area contributed by atoms with E-state index in [4.69, 9.17) is 11.6 Å². The van der Waals surface area contributed by atoms with Crippen LogP contribution in [0.15, 0.2) is 6.20 Å². The summed E-state index contributed by atoms with van der Waals surface area (Å²) in [5.41, 5.74) is 0. The standard InChI is InChI=1S/C8H10ClN3O4/c1-5(8(13)16-2)3-11-4-6(9)7(10-11)12(14)15/h4-5H,3H2,1-2H3. The number of methoxy groups -OCH3 is 1. The van der Waals surface area contributed by atoms with Crippen molar-refractivity contribution in [3.8, 4) is 0 Å². The minimum Gasteiger partial charge on any atom is -0.469 e. The van der Waals surface area contributed by atoms with Gasteiger partial charge in [0.05, 0.1) is 30.9 Å². The van der Waals surface area contributed by atoms with Crippen molar-refractivity contribution < 1.29 is 14.5 Å². The van der Waals surface area contributed by atoms with Gasteiger partial charge in [-0.15, -0.1) is 0 Å². The first-order valence-electron chi connectivity index (χ1n) is 4.41. The molecule has 0 saturated carbocycles. The van der Waals surface area contributed by atoms with Crippen molar-refractivity contribution in [1.82, 2.24) is 9.78 Å². The molecule has 88 valence electrons. The zero-order valence-electron chi connectivity index (χ0n) is 8.71. The summed E-state index contributed by atoms with van der Waals surface area (Å²) < 4.78 is 5.77. The van der Waals surface area contributed by atoms with Crippen LogP contribution in [0, 0.1) is 16.0 Å². The normalized spacial score (nSPS) is 12.2. The third-order valence-electron chi connectivity index (χ3n) is 1.94. The summed E-state index contributed by atoms with van der Waals surface area (Å²) in [5.74, 6) is -1.27. The van der Waals surface area contributed by atoms with Crippen molar-refractivity contribution in [1.29, 1.82) is 0 Å². The van der Waals surface area contributed by atoms with E-state index in [0.717, 1.165) is 0 Å². The number of hydrogen-bond donors (Lipinski definition) is 0. The van der Waals surface area contributed by atoms with Crippen LogP contribution in [0.1, 0.15) is 6.92 Å². The Kier molecular flexibility index (Phi) is 3.83. The predicted octanol–water partition coefficient (Wildman–Crippen LogP) is 1.25. The molecule has 1 aromatic rings. The third-order valence-corrected chi connectivity index (χ3v) is 2.20. The quantitative estimate of drug-likeness (QED) is 0.454. The van der Waals surface area contributed by atoms with Crippen molar-refractivity contribution >= 4 is 23.4 Å². The molecular formula is C8H10ClN3O4. The third kappa shape index (κ3) is 2.69. The lowest BCUT2D eigenvalue weighted by molar-refractivity contribution is -0.389. The number of nitro groups is 1. The minimum absolute atomic E-state index is 0.0536. The first kappa shape index (κ1) is 12.4. The van der Waals surface area contributed by atoms with Gasteiger partial charge in [0.25, 0.3) is 0 Å². The van der Waals surface area contributed by atoms with E-state index in [1.807, 2.05) is 0 Å². The van der Waals surface area contributed by atoms with E-state index < -0.39 is 22.6 Å². The molecule has 0 aliphatic rings. The molecule has 0 aliphatic heterocycles. The summed E-state index contributed by atoms with van der Waals surface area (Å²) in [6.07, 6.45) is 1.30. The van der Waals surface area contributed by atoms with E-state index >= 15 is 0 Å². The fourth-order valence-corrected chi connectivity index (χ4v) is 1.38. The molecule has 0 amide bonds. The first-order chi connectivity index (χ1) is 7.45. The molecule has 0 radical (unpaired) electrons. The van der Waals surface area contributed by atoms with Crippen LogP contribution in [-0.2, 0) is 16.1 Å². The Morgan fingerprint density at radius 2 is 2.44 bits per heavy atom. The van der Waals surface area contributed by atoms with E-state index in [2.05, 4.69) is 9.84 Å². The molecule has 0 fully saturated rings. The summed E-state index contributed by atoms with van der Waals surface area (Å²) in [6, 6.07) is 0. The van der Waals surface area contributed by atoms with Gasteiger partial charge in [-0.3, -0.25) is 4.79 Å². The van der Waals surface area contributed by atoms with E-state index in [-0.39, 0.29) is 11.6 Å². The molecule has 0 N–H and O–H groups in total. The van der Waals surface area contributed by atoms with Gasteiger partial charge in [-0.2, -0.15) is 4.68 Å². The summed E-state index contributed by atoms with van der Waals surface area (Å²) in [5, 5.41) is 14.1. The highest BCUT2D eigenvalue weighted by Crippen LogP contribution is 2.21. The zero-order valence-corrected chi connectivity index (χ0v) is 9.47. The maximum atomic E-state index is 11.1. The fraction of sp³-hybridized carbons (Fsp3) is 0.500. The number of rotatable bonds is 4. The van der Waals surface area contributed by atoms with Crippen LogP contribution in [0.4, 0.5) is 5.82 Å². The Balaban J connectivity index is 2.79. The molecule has 7 nitrogen and oxygen atoms in total. The molecule has 0 aromatic carbocycles. The lowest BCUT2D eigenvalue weighted by Crippen LogP contribution is -2.19. The van der Waals surface area contributed by atoms with Crippen molar-refractivity contribution in [3.05, 3.63) is 21.3 Å². The second-order valence-electron chi connectivity index (χ2n) is 3.20. The molecule has 1 rings (SSSR count). The van der Waals surface area contributed by atoms with Crippen LogP contribution < -0.4 is 0 Å². The van der Waals surface area contributed by atoms with Crippen LogP contribution >= 0.6 is 11.6 Å². The molecule has 1 unspecified atom stereocenters. The summed E-state index contributed by atoms with van der Waals surface area (Å²) >= 11 is 5.60. The highest BCUT2D eigenvalue weighted by molar-refractivity contribution is 6.32. The number of carbonyl (C=O) groups excluding carboxylic acids is 1. The fourth-order valence-electron chi connectivity index (χ4n) is 1.16. The predicted molar refractivity (Wildman–Crippen MR) is 55.1 cm³/mol. The molecule has 0 saturated heterocycles. The molecule has 0 spiro atoms.